The van der Waals surface area contributed by atoms with E-state index < -0.39 is 6.10 Å². The summed E-state index contributed by atoms with van der Waals surface area (Å²) in [6.45, 7) is 5.62. The van der Waals surface area contributed by atoms with Crippen LogP contribution in [0.5, 0.6) is 0 Å². The molecule has 1 heterocycles. The molecule has 0 unspecified atom stereocenters. The van der Waals surface area contributed by atoms with E-state index in [1.807, 2.05) is 25.1 Å². The standard InChI is InChI=1S/C18H27NO3/c1-14(20)18(2,12-15-6-4-3-5-7-15)13-19-17(21)16-8-10-22-11-9-16/h3-7,14,16,20H,8-13H2,1-2H3,(H,19,21)/t14-,18-/m0/s1. The maximum Gasteiger partial charge on any atom is 0.223 e. The Balaban J connectivity index is 1.94. The van der Waals surface area contributed by atoms with Gasteiger partial charge in [-0.1, -0.05) is 37.3 Å². The molecule has 2 rings (SSSR count). The van der Waals surface area contributed by atoms with Crippen molar-refractivity contribution < 1.29 is 14.6 Å². The lowest BCUT2D eigenvalue weighted by atomic mass is 9.79. The first-order valence-electron chi connectivity index (χ1n) is 8.09. The second-order valence-corrected chi connectivity index (χ2v) is 6.60. The van der Waals surface area contributed by atoms with Crippen LogP contribution in [0.1, 0.15) is 32.3 Å². The van der Waals surface area contributed by atoms with E-state index in [0.29, 0.717) is 19.8 Å². The van der Waals surface area contributed by atoms with Gasteiger partial charge in [0, 0.05) is 31.1 Å². The summed E-state index contributed by atoms with van der Waals surface area (Å²) in [5, 5.41) is 13.2. The lowest BCUT2D eigenvalue weighted by Gasteiger charge is -2.34. The summed E-state index contributed by atoms with van der Waals surface area (Å²) in [6, 6.07) is 10.1. The minimum atomic E-state index is -0.498. The number of amides is 1. The van der Waals surface area contributed by atoms with Crippen LogP contribution < -0.4 is 5.32 Å². The summed E-state index contributed by atoms with van der Waals surface area (Å²) in [5.74, 6) is 0.131. The van der Waals surface area contributed by atoms with Gasteiger partial charge in [0.15, 0.2) is 0 Å². The zero-order chi connectivity index (χ0) is 16.0. The van der Waals surface area contributed by atoms with E-state index in [2.05, 4.69) is 17.4 Å². The summed E-state index contributed by atoms with van der Waals surface area (Å²) in [7, 11) is 0. The number of hydrogen-bond donors (Lipinski definition) is 2. The van der Waals surface area contributed by atoms with Gasteiger partial charge in [-0.15, -0.1) is 0 Å². The molecule has 0 saturated carbocycles. The molecular weight excluding hydrogens is 278 g/mol. The predicted molar refractivity (Wildman–Crippen MR) is 86.5 cm³/mol. The Bertz CT molecular complexity index is 468. The molecular formula is C18H27NO3. The van der Waals surface area contributed by atoms with Gasteiger partial charge in [0.25, 0.3) is 0 Å². The number of rotatable bonds is 6. The summed E-state index contributed by atoms with van der Waals surface area (Å²) < 4.78 is 5.29. The Hall–Kier alpha value is -1.39. The largest absolute Gasteiger partial charge is 0.393 e. The maximum absolute atomic E-state index is 12.3. The first-order valence-corrected chi connectivity index (χ1v) is 8.09. The van der Waals surface area contributed by atoms with Crippen molar-refractivity contribution in [3.05, 3.63) is 35.9 Å². The smallest absolute Gasteiger partial charge is 0.223 e. The van der Waals surface area contributed by atoms with Crippen molar-refractivity contribution in [2.24, 2.45) is 11.3 Å². The van der Waals surface area contributed by atoms with Gasteiger partial charge in [0.2, 0.25) is 5.91 Å². The highest BCUT2D eigenvalue weighted by Gasteiger charge is 2.32. The average molecular weight is 305 g/mol. The van der Waals surface area contributed by atoms with E-state index in [0.717, 1.165) is 19.3 Å². The molecule has 122 valence electrons. The van der Waals surface area contributed by atoms with Gasteiger partial charge in [0.1, 0.15) is 0 Å². The minimum Gasteiger partial charge on any atom is -0.393 e. The second-order valence-electron chi connectivity index (χ2n) is 6.60. The zero-order valence-corrected chi connectivity index (χ0v) is 13.5. The molecule has 0 aromatic heterocycles. The molecule has 0 bridgehead atoms. The van der Waals surface area contributed by atoms with E-state index >= 15 is 0 Å². The molecule has 0 spiro atoms. The minimum absolute atomic E-state index is 0.0451. The van der Waals surface area contributed by atoms with E-state index in [1.165, 1.54) is 5.56 Å². The molecule has 4 nitrogen and oxygen atoms in total. The Labute approximate surface area is 132 Å². The molecule has 4 heteroatoms. The average Bonchev–Trinajstić information content (AvgIpc) is 2.54. The fraction of sp³-hybridized carbons (Fsp3) is 0.611. The topological polar surface area (TPSA) is 58.6 Å². The molecule has 2 N–H and O–H groups in total. The lowest BCUT2D eigenvalue weighted by molar-refractivity contribution is -0.128. The molecule has 22 heavy (non-hydrogen) atoms. The number of hydrogen-bond acceptors (Lipinski definition) is 3. The van der Waals surface area contributed by atoms with Crippen LogP contribution in [0.15, 0.2) is 30.3 Å². The van der Waals surface area contributed by atoms with Crippen molar-refractivity contribution in [1.29, 1.82) is 0 Å². The van der Waals surface area contributed by atoms with E-state index in [-0.39, 0.29) is 17.2 Å². The lowest BCUT2D eigenvalue weighted by Crippen LogP contribution is -2.46. The number of benzene rings is 1. The van der Waals surface area contributed by atoms with Crippen LogP contribution in [0, 0.1) is 11.3 Å². The predicted octanol–water partition coefficient (Wildman–Crippen LogP) is 2.16. The third kappa shape index (κ3) is 4.55. The van der Waals surface area contributed by atoms with Gasteiger partial charge < -0.3 is 15.2 Å². The van der Waals surface area contributed by atoms with Crippen LogP contribution >= 0.6 is 0 Å². The number of aliphatic hydroxyl groups excluding tert-OH is 1. The van der Waals surface area contributed by atoms with Crippen LogP contribution in [0.2, 0.25) is 0 Å². The second kappa shape index (κ2) is 7.75. The van der Waals surface area contributed by atoms with Gasteiger partial charge in [-0.3, -0.25) is 4.79 Å². The van der Waals surface area contributed by atoms with Gasteiger partial charge in [-0.25, -0.2) is 0 Å². The first-order chi connectivity index (χ1) is 10.5. The van der Waals surface area contributed by atoms with Crippen LogP contribution in [0.3, 0.4) is 0 Å². The van der Waals surface area contributed by atoms with Crippen LogP contribution in [0.4, 0.5) is 0 Å². The Morgan fingerprint density at radius 1 is 1.36 bits per heavy atom. The third-order valence-corrected chi connectivity index (χ3v) is 4.72. The molecule has 0 radical (unpaired) electrons. The van der Waals surface area contributed by atoms with Crippen molar-refractivity contribution in [3.63, 3.8) is 0 Å². The van der Waals surface area contributed by atoms with E-state index in [4.69, 9.17) is 4.74 Å². The Morgan fingerprint density at radius 2 is 2.00 bits per heavy atom. The fourth-order valence-corrected chi connectivity index (χ4v) is 2.81. The van der Waals surface area contributed by atoms with Gasteiger partial charge in [0.05, 0.1) is 6.10 Å². The zero-order valence-electron chi connectivity index (χ0n) is 13.5. The number of carbonyl (C=O) groups is 1. The number of carbonyl (C=O) groups excluding carboxylic acids is 1. The van der Waals surface area contributed by atoms with Crippen LogP contribution in [-0.4, -0.2) is 36.9 Å². The van der Waals surface area contributed by atoms with Crippen molar-refractivity contribution >= 4 is 5.91 Å². The van der Waals surface area contributed by atoms with Crippen molar-refractivity contribution in [3.8, 4) is 0 Å². The van der Waals surface area contributed by atoms with Gasteiger partial charge in [-0.05, 0) is 31.7 Å². The number of aliphatic hydroxyl groups is 1. The molecule has 0 aliphatic carbocycles. The van der Waals surface area contributed by atoms with E-state index in [1.54, 1.807) is 6.92 Å². The molecule has 1 aromatic rings. The molecule has 1 fully saturated rings. The van der Waals surface area contributed by atoms with Gasteiger partial charge >= 0.3 is 0 Å². The summed E-state index contributed by atoms with van der Waals surface area (Å²) >= 11 is 0. The molecule has 1 aromatic carbocycles. The molecule has 1 amide bonds. The number of ether oxygens (including phenoxy) is 1. The number of nitrogens with one attached hydrogen (secondary N) is 1. The normalized spacial score (nSPS) is 20.1. The van der Waals surface area contributed by atoms with Crippen molar-refractivity contribution in [2.45, 2.75) is 39.2 Å². The highest BCUT2D eigenvalue weighted by atomic mass is 16.5. The quantitative estimate of drug-likeness (QED) is 0.847. The van der Waals surface area contributed by atoms with E-state index in [9.17, 15) is 9.90 Å². The monoisotopic (exact) mass is 305 g/mol. The van der Waals surface area contributed by atoms with Crippen molar-refractivity contribution in [1.82, 2.24) is 5.32 Å². The molecule has 2 atom stereocenters. The molecule has 1 saturated heterocycles. The van der Waals surface area contributed by atoms with Crippen LogP contribution in [-0.2, 0) is 16.0 Å². The SMILES string of the molecule is C[C@H](O)[C@](C)(CNC(=O)C1CCOCC1)Cc1ccccc1. The maximum atomic E-state index is 12.3. The molecule has 1 aliphatic rings. The third-order valence-electron chi connectivity index (χ3n) is 4.72. The summed E-state index contributed by atoms with van der Waals surface area (Å²) in [4.78, 5) is 12.3. The van der Waals surface area contributed by atoms with Crippen molar-refractivity contribution in [2.75, 3.05) is 19.8 Å². The molecule has 1 aliphatic heterocycles. The Kier molecular flexibility index (Phi) is 5.98. The fourth-order valence-electron chi connectivity index (χ4n) is 2.81. The van der Waals surface area contributed by atoms with Crippen LogP contribution in [0.25, 0.3) is 0 Å². The van der Waals surface area contributed by atoms with Gasteiger partial charge in [-0.2, -0.15) is 0 Å². The highest BCUT2D eigenvalue weighted by Crippen LogP contribution is 2.26. The summed E-state index contributed by atoms with van der Waals surface area (Å²) in [6.07, 6.45) is 1.81. The Morgan fingerprint density at radius 3 is 2.59 bits per heavy atom. The first kappa shape index (κ1) is 17.0. The highest BCUT2D eigenvalue weighted by molar-refractivity contribution is 5.78. The summed E-state index contributed by atoms with van der Waals surface area (Å²) in [5.41, 5.74) is 0.800.